The molecule has 1 aromatic carbocycles. The van der Waals surface area contributed by atoms with Crippen molar-refractivity contribution < 1.29 is 4.79 Å². The second-order valence-corrected chi connectivity index (χ2v) is 5.14. The van der Waals surface area contributed by atoms with E-state index >= 15 is 0 Å². The largest absolute Gasteiger partial charge is 0.398 e. The molecule has 1 heterocycles. The topological polar surface area (TPSA) is 71.2 Å². The van der Waals surface area contributed by atoms with Gasteiger partial charge in [0.1, 0.15) is 5.69 Å². The number of rotatable bonds is 4. The summed E-state index contributed by atoms with van der Waals surface area (Å²) in [5, 5.41) is 3.74. The molecule has 5 nitrogen and oxygen atoms in total. The van der Waals surface area contributed by atoms with Crippen LogP contribution in [0.1, 0.15) is 17.4 Å². The van der Waals surface area contributed by atoms with Gasteiger partial charge in [-0.1, -0.05) is 18.2 Å². The molecule has 0 aliphatic heterocycles. The van der Waals surface area contributed by atoms with E-state index in [-0.39, 0.29) is 11.9 Å². The van der Waals surface area contributed by atoms with E-state index in [0.29, 0.717) is 17.9 Å². The van der Waals surface area contributed by atoms with E-state index in [2.05, 4.69) is 10.3 Å². The van der Waals surface area contributed by atoms with Gasteiger partial charge in [-0.05, 0) is 33.2 Å². The normalized spacial score (nSPS) is 12.6. The third-order valence-electron chi connectivity index (χ3n) is 3.42. The van der Waals surface area contributed by atoms with Gasteiger partial charge < -0.3 is 16.0 Å². The Kier molecular flexibility index (Phi) is 4.20. The van der Waals surface area contributed by atoms with Crippen LogP contribution in [-0.2, 0) is 0 Å². The Balaban J connectivity index is 2.18. The first-order chi connectivity index (χ1) is 9.49. The number of para-hydroxylation sites is 1. The lowest BCUT2D eigenvalue weighted by Crippen LogP contribution is -2.38. The molecule has 1 aromatic heterocycles. The Morgan fingerprint density at radius 2 is 2.10 bits per heavy atom. The number of carbonyl (C=O) groups is 1. The molecule has 106 valence electrons. The monoisotopic (exact) mass is 272 g/mol. The number of nitrogens with one attached hydrogen (secondary N) is 1. The number of hydrogen-bond acceptors (Lipinski definition) is 4. The molecule has 0 fully saturated rings. The van der Waals surface area contributed by atoms with Crippen LogP contribution >= 0.6 is 0 Å². The van der Waals surface area contributed by atoms with Crippen molar-refractivity contribution in [1.82, 2.24) is 15.2 Å². The number of benzene rings is 1. The summed E-state index contributed by atoms with van der Waals surface area (Å²) in [5.74, 6) is -0.198. The minimum absolute atomic E-state index is 0.198. The van der Waals surface area contributed by atoms with Gasteiger partial charge >= 0.3 is 0 Å². The van der Waals surface area contributed by atoms with Gasteiger partial charge in [-0.15, -0.1) is 0 Å². The van der Waals surface area contributed by atoms with E-state index in [4.69, 9.17) is 5.73 Å². The van der Waals surface area contributed by atoms with E-state index in [1.54, 1.807) is 6.07 Å². The second-order valence-electron chi connectivity index (χ2n) is 5.14. The number of anilines is 1. The Bertz CT molecular complexity index is 624. The predicted molar refractivity (Wildman–Crippen MR) is 81.6 cm³/mol. The summed E-state index contributed by atoms with van der Waals surface area (Å²) >= 11 is 0. The van der Waals surface area contributed by atoms with Crippen molar-refractivity contribution in [2.45, 2.75) is 13.0 Å². The van der Waals surface area contributed by atoms with E-state index in [0.717, 1.165) is 10.9 Å². The molecule has 0 saturated carbocycles. The van der Waals surface area contributed by atoms with Crippen molar-refractivity contribution in [1.29, 1.82) is 0 Å². The molecule has 0 aliphatic rings. The molecule has 1 atom stereocenters. The summed E-state index contributed by atoms with van der Waals surface area (Å²) in [4.78, 5) is 18.5. The van der Waals surface area contributed by atoms with Crippen molar-refractivity contribution in [2.24, 2.45) is 0 Å². The molecular weight excluding hydrogens is 252 g/mol. The summed E-state index contributed by atoms with van der Waals surface area (Å²) in [6.07, 6.45) is 0. The van der Waals surface area contributed by atoms with Crippen LogP contribution in [-0.4, -0.2) is 42.5 Å². The van der Waals surface area contributed by atoms with Gasteiger partial charge in [-0.25, -0.2) is 4.98 Å². The lowest BCUT2D eigenvalue weighted by Gasteiger charge is -2.19. The summed E-state index contributed by atoms with van der Waals surface area (Å²) in [5.41, 5.74) is 7.63. The van der Waals surface area contributed by atoms with Gasteiger partial charge in [0.05, 0.1) is 5.52 Å². The molecule has 20 heavy (non-hydrogen) atoms. The fourth-order valence-corrected chi connectivity index (χ4v) is 1.83. The highest BCUT2D eigenvalue weighted by Crippen LogP contribution is 2.19. The molecule has 3 N–H and O–H groups in total. The van der Waals surface area contributed by atoms with Crippen molar-refractivity contribution in [3.05, 3.63) is 36.0 Å². The molecule has 2 rings (SSSR count). The standard InChI is InChI=1S/C15H20N4O/c1-10(19(2)3)9-17-15(20)14-8-12(16)11-6-4-5-7-13(11)18-14/h4-8,10H,9H2,1-3H3,(H2,16,18)(H,17,20). The number of aromatic nitrogens is 1. The van der Waals surface area contributed by atoms with Gasteiger partial charge in [0.2, 0.25) is 0 Å². The van der Waals surface area contributed by atoms with E-state index in [1.807, 2.05) is 50.2 Å². The molecule has 0 radical (unpaired) electrons. The fraction of sp³-hybridized carbons (Fsp3) is 0.333. The lowest BCUT2D eigenvalue weighted by molar-refractivity contribution is 0.0939. The zero-order valence-corrected chi connectivity index (χ0v) is 12.1. The molecule has 1 amide bonds. The van der Waals surface area contributed by atoms with Gasteiger partial charge in [-0.3, -0.25) is 4.79 Å². The number of nitrogen functional groups attached to an aromatic ring is 1. The average molecular weight is 272 g/mol. The van der Waals surface area contributed by atoms with Crippen molar-refractivity contribution in [3.8, 4) is 0 Å². The smallest absolute Gasteiger partial charge is 0.270 e. The minimum Gasteiger partial charge on any atom is -0.398 e. The van der Waals surface area contributed by atoms with Crippen LogP contribution < -0.4 is 11.1 Å². The van der Waals surface area contributed by atoms with E-state index < -0.39 is 0 Å². The van der Waals surface area contributed by atoms with Crippen LogP contribution in [0.4, 0.5) is 5.69 Å². The van der Waals surface area contributed by atoms with Crippen LogP contribution in [0.2, 0.25) is 0 Å². The zero-order chi connectivity index (χ0) is 14.7. The van der Waals surface area contributed by atoms with Crippen LogP contribution in [0.5, 0.6) is 0 Å². The zero-order valence-electron chi connectivity index (χ0n) is 12.1. The molecular formula is C15H20N4O. The molecule has 0 aliphatic carbocycles. The lowest BCUT2D eigenvalue weighted by atomic mass is 10.1. The van der Waals surface area contributed by atoms with Gasteiger partial charge in [-0.2, -0.15) is 0 Å². The van der Waals surface area contributed by atoms with Crippen molar-refractivity contribution >= 4 is 22.5 Å². The first-order valence-corrected chi connectivity index (χ1v) is 6.59. The maximum atomic E-state index is 12.1. The molecule has 0 bridgehead atoms. The Hall–Kier alpha value is -2.14. The summed E-state index contributed by atoms with van der Waals surface area (Å²) in [6.45, 7) is 2.61. The highest BCUT2D eigenvalue weighted by molar-refractivity contribution is 5.99. The molecule has 2 aromatic rings. The first-order valence-electron chi connectivity index (χ1n) is 6.59. The van der Waals surface area contributed by atoms with Gasteiger partial charge in [0.15, 0.2) is 0 Å². The number of nitrogens with zero attached hydrogens (tertiary/aromatic N) is 2. The van der Waals surface area contributed by atoms with Crippen LogP contribution in [0, 0.1) is 0 Å². The number of likely N-dealkylation sites (N-methyl/N-ethyl adjacent to an activating group) is 1. The highest BCUT2D eigenvalue weighted by Gasteiger charge is 2.12. The van der Waals surface area contributed by atoms with Crippen LogP contribution in [0.15, 0.2) is 30.3 Å². The maximum Gasteiger partial charge on any atom is 0.270 e. The number of nitrogens with two attached hydrogens (primary N) is 1. The third-order valence-corrected chi connectivity index (χ3v) is 3.42. The Labute approximate surface area is 118 Å². The molecule has 0 saturated heterocycles. The van der Waals surface area contributed by atoms with E-state index in [9.17, 15) is 4.79 Å². The van der Waals surface area contributed by atoms with E-state index in [1.165, 1.54) is 0 Å². The third kappa shape index (κ3) is 3.05. The van der Waals surface area contributed by atoms with Crippen molar-refractivity contribution in [3.63, 3.8) is 0 Å². The van der Waals surface area contributed by atoms with Gasteiger partial charge in [0, 0.05) is 23.7 Å². The maximum absolute atomic E-state index is 12.1. The van der Waals surface area contributed by atoms with Crippen LogP contribution in [0.25, 0.3) is 10.9 Å². The molecule has 0 spiro atoms. The number of amides is 1. The Morgan fingerprint density at radius 3 is 2.80 bits per heavy atom. The number of fused-ring (bicyclic) bond motifs is 1. The molecule has 5 heteroatoms. The number of pyridine rings is 1. The Morgan fingerprint density at radius 1 is 1.40 bits per heavy atom. The number of carbonyl (C=O) groups excluding carboxylic acids is 1. The molecule has 1 unspecified atom stereocenters. The fourth-order valence-electron chi connectivity index (χ4n) is 1.83. The predicted octanol–water partition coefficient (Wildman–Crippen LogP) is 1.50. The van der Waals surface area contributed by atoms with Crippen LogP contribution in [0.3, 0.4) is 0 Å². The number of hydrogen-bond donors (Lipinski definition) is 2. The van der Waals surface area contributed by atoms with Gasteiger partial charge in [0.25, 0.3) is 5.91 Å². The van der Waals surface area contributed by atoms with Crippen molar-refractivity contribution in [2.75, 3.05) is 26.4 Å². The first kappa shape index (κ1) is 14.3. The SMILES string of the molecule is CC(CNC(=O)c1cc(N)c2ccccc2n1)N(C)C. The second kappa shape index (κ2) is 5.88. The average Bonchev–Trinajstić information content (AvgIpc) is 2.44. The summed E-state index contributed by atoms with van der Waals surface area (Å²) in [6, 6.07) is 9.41. The summed E-state index contributed by atoms with van der Waals surface area (Å²) in [7, 11) is 3.95. The summed E-state index contributed by atoms with van der Waals surface area (Å²) < 4.78 is 0. The minimum atomic E-state index is -0.198. The quantitative estimate of drug-likeness (QED) is 0.884. The highest BCUT2D eigenvalue weighted by atomic mass is 16.1.